The SMILES string of the molecule is CC(=O)CCOCc1cc(C(C)C)ccc1C. The van der Waals surface area contributed by atoms with Crippen molar-refractivity contribution in [2.75, 3.05) is 6.61 Å². The fourth-order valence-corrected chi connectivity index (χ4v) is 1.60. The van der Waals surface area contributed by atoms with E-state index in [4.69, 9.17) is 4.74 Å². The minimum Gasteiger partial charge on any atom is -0.376 e. The average molecular weight is 234 g/mol. The quantitative estimate of drug-likeness (QED) is 0.703. The Bertz CT molecular complexity index is 381. The third-order valence-electron chi connectivity index (χ3n) is 2.90. The highest BCUT2D eigenvalue weighted by Gasteiger charge is 2.04. The lowest BCUT2D eigenvalue weighted by atomic mass is 9.98. The third-order valence-corrected chi connectivity index (χ3v) is 2.90. The first-order valence-corrected chi connectivity index (χ1v) is 6.17. The molecule has 0 aliphatic heterocycles. The van der Waals surface area contributed by atoms with E-state index in [2.05, 4.69) is 39.0 Å². The van der Waals surface area contributed by atoms with Crippen molar-refractivity contribution in [1.82, 2.24) is 0 Å². The summed E-state index contributed by atoms with van der Waals surface area (Å²) < 4.78 is 5.53. The summed E-state index contributed by atoms with van der Waals surface area (Å²) in [6.07, 6.45) is 0.503. The van der Waals surface area contributed by atoms with Crippen LogP contribution in [0, 0.1) is 6.92 Å². The van der Waals surface area contributed by atoms with Gasteiger partial charge in [-0.05, 0) is 36.5 Å². The average Bonchev–Trinajstić information content (AvgIpc) is 2.25. The van der Waals surface area contributed by atoms with E-state index in [1.54, 1.807) is 6.92 Å². The van der Waals surface area contributed by atoms with Crippen LogP contribution in [0.1, 0.15) is 49.8 Å². The molecule has 2 heteroatoms. The zero-order valence-electron chi connectivity index (χ0n) is 11.2. The second-order valence-corrected chi connectivity index (χ2v) is 4.85. The van der Waals surface area contributed by atoms with Gasteiger partial charge in [0.25, 0.3) is 0 Å². The third kappa shape index (κ3) is 4.70. The largest absolute Gasteiger partial charge is 0.376 e. The van der Waals surface area contributed by atoms with Crippen molar-refractivity contribution in [2.45, 2.75) is 46.6 Å². The lowest BCUT2D eigenvalue weighted by Crippen LogP contribution is -2.02. The van der Waals surface area contributed by atoms with Crippen LogP contribution in [0.4, 0.5) is 0 Å². The Morgan fingerprint density at radius 3 is 2.65 bits per heavy atom. The molecule has 0 amide bonds. The molecule has 0 atom stereocenters. The summed E-state index contributed by atoms with van der Waals surface area (Å²) in [5.74, 6) is 0.712. The molecule has 0 N–H and O–H groups in total. The van der Waals surface area contributed by atoms with Crippen LogP contribution in [0.2, 0.25) is 0 Å². The van der Waals surface area contributed by atoms with Gasteiger partial charge in [-0.1, -0.05) is 32.0 Å². The molecule has 0 saturated heterocycles. The van der Waals surface area contributed by atoms with Gasteiger partial charge in [0, 0.05) is 6.42 Å². The van der Waals surface area contributed by atoms with E-state index >= 15 is 0 Å². The van der Waals surface area contributed by atoms with Gasteiger partial charge in [0.1, 0.15) is 5.78 Å². The topological polar surface area (TPSA) is 26.3 Å². The monoisotopic (exact) mass is 234 g/mol. The van der Waals surface area contributed by atoms with Crippen molar-refractivity contribution in [3.8, 4) is 0 Å². The van der Waals surface area contributed by atoms with Crippen molar-refractivity contribution >= 4 is 5.78 Å². The standard InChI is InChI=1S/C15H22O2/c1-11(2)14-6-5-12(3)15(9-14)10-17-8-7-13(4)16/h5-6,9,11H,7-8,10H2,1-4H3. The van der Waals surface area contributed by atoms with Crippen molar-refractivity contribution in [3.63, 3.8) is 0 Å². The van der Waals surface area contributed by atoms with E-state index in [9.17, 15) is 4.79 Å². The maximum Gasteiger partial charge on any atom is 0.132 e. The van der Waals surface area contributed by atoms with E-state index in [1.165, 1.54) is 16.7 Å². The molecule has 1 rings (SSSR count). The summed E-state index contributed by atoms with van der Waals surface area (Å²) in [6.45, 7) is 9.16. The highest BCUT2D eigenvalue weighted by molar-refractivity contribution is 5.75. The number of carbonyl (C=O) groups is 1. The number of hydrogen-bond donors (Lipinski definition) is 0. The van der Waals surface area contributed by atoms with Gasteiger partial charge < -0.3 is 4.74 Å². The zero-order chi connectivity index (χ0) is 12.8. The van der Waals surface area contributed by atoms with Gasteiger partial charge in [-0.3, -0.25) is 4.79 Å². The van der Waals surface area contributed by atoms with Crippen molar-refractivity contribution in [2.24, 2.45) is 0 Å². The van der Waals surface area contributed by atoms with Crippen LogP contribution in [0.15, 0.2) is 18.2 Å². The van der Waals surface area contributed by atoms with Gasteiger partial charge in [-0.2, -0.15) is 0 Å². The molecule has 0 radical (unpaired) electrons. The number of ether oxygens (including phenoxy) is 1. The lowest BCUT2D eigenvalue weighted by Gasteiger charge is -2.11. The predicted octanol–water partition coefficient (Wildman–Crippen LogP) is 3.61. The minimum absolute atomic E-state index is 0.178. The Balaban J connectivity index is 2.57. The van der Waals surface area contributed by atoms with E-state index in [0.29, 0.717) is 25.6 Å². The van der Waals surface area contributed by atoms with Gasteiger partial charge in [0.05, 0.1) is 13.2 Å². The predicted molar refractivity (Wildman–Crippen MR) is 70.2 cm³/mol. The van der Waals surface area contributed by atoms with Crippen LogP contribution in [-0.4, -0.2) is 12.4 Å². The van der Waals surface area contributed by atoms with Crippen LogP contribution in [0.25, 0.3) is 0 Å². The van der Waals surface area contributed by atoms with Gasteiger partial charge in [0.2, 0.25) is 0 Å². The number of Topliss-reactive ketones (excluding diaryl/α,β-unsaturated/α-hetero) is 1. The summed E-state index contributed by atoms with van der Waals surface area (Å²) in [4.78, 5) is 10.8. The lowest BCUT2D eigenvalue weighted by molar-refractivity contribution is -0.118. The highest BCUT2D eigenvalue weighted by atomic mass is 16.5. The van der Waals surface area contributed by atoms with Gasteiger partial charge in [-0.15, -0.1) is 0 Å². The Labute approximate surface area is 104 Å². The molecule has 94 valence electrons. The summed E-state index contributed by atoms with van der Waals surface area (Å²) in [5, 5.41) is 0. The molecule has 17 heavy (non-hydrogen) atoms. The summed E-state index contributed by atoms with van der Waals surface area (Å²) in [5.41, 5.74) is 3.80. The highest BCUT2D eigenvalue weighted by Crippen LogP contribution is 2.19. The first kappa shape index (κ1) is 13.9. The molecular weight excluding hydrogens is 212 g/mol. The number of ketones is 1. The van der Waals surface area contributed by atoms with Gasteiger partial charge in [0.15, 0.2) is 0 Å². The smallest absolute Gasteiger partial charge is 0.132 e. The van der Waals surface area contributed by atoms with Gasteiger partial charge in [-0.25, -0.2) is 0 Å². The van der Waals surface area contributed by atoms with Gasteiger partial charge >= 0.3 is 0 Å². The van der Waals surface area contributed by atoms with Crippen molar-refractivity contribution in [1.29, 1.82) is 0 Å². The molecule has 0 heterocycles. The molecule has 0 aromatic heterocycles. The number of benzene rings is 1. The molecule has 0 fully saturated rings. The van der Waals surface area contributed by atoms with E-state index in [-0.39, 0.29) is 5.78 Å². The molecular formula is C15H22O2. The minimum atomic E-state index is 0.178. The Morgan fingerprint density at radius 2 is 2.06 bits per heavy atom. The Morgan fingerprint density at radius 1 is 1.35 bits per heavy atom. The number of carbonyl (C=O) groups excluding carboxylic acids is 1. The zero-order valence-corrected chi connectivity index (χ0v) is 11.2. The number of aryl methyl sites for hydroxylation is 1. The van der Waals surface area contributed by atoms with Crippen LogP contribution < -0.4 is 0 Å². The first-order valence-electron chi connectivity index (χ1n) is 6.17. The Kier molecular flexibility index (Phi) is 5.36. The second-order valence-electron chi connectivity index (χ2n) is 4.85. The fourth-order valence-electron chi connectivity index (χ4n) is 1.60. The summed E-state index contributed by atoms with van der Waals surface area (Å²) in [7, 11) is 0. The molecule has 0 aliphatic rings. The molecule has 0 saturated carbocycles. The molecule has 1 aromatic carbocycles. The van der Waals surface area contributed by atoms with Crippen molar-refractivity contribution < 1.29 is 9.53 Å². The van der Waals surface area contributed by atoms with Crippen LogP contribution in [-0.2, 0) is 16.1 Å². The fraction of sp³-hybridized carbons (Fsp3) is 0.533. The maximum absolute atomic E-state index is 10.8. The van der Waals surface area contributed by atoms with Crippen LogP contribution in [0.5, 0.6) is 0 Å². The molecule has 0 spiro atoms. The number of rotatable bonds is 6. The Hall–Kier alpha value is -1.15. The van der Waals surface area contributed by atoms with Crippen LogP contribution in [0.3, 0.4) is 0 Å². The molecule has 0 unspecified atom stereocenters. The first-order chi connectivity index (χ1) is 8.00. The molecule has 1 aromatic rings. The normalized spacial score (nSPS) is 10.9. The van der Waals surface area contributed by atoms with Crippen molar-refractivity contribution in [3.05, 3.63) is 34.9 Å². The van der Waals surface area contributed by atoms with E-state index < -0.39 is 0 Å². The molecule has 0 aliphatic carbocycles. The van der Waals surface area contributed by atoms with Crippen LogP contribution >= 0.6 is 0 Å². The maximum atomic E-state index is 10.8. The summed E-state index contributed by atoms with van der Waals surface area (Å²) in [6, 6.07) is 6.51. The second kappa shape index (κ2) is 6.55. The molecule has 2 nitrogen and oxygen atoms in total. The molecule has 0 bridgehead atoms. The van der Waals surface area contributed by atoms with E-state index in [0.717, 1.165) is 0 Å². The summed E-state index contributed by atoms with van der Waals surface area (Å²) >= 11 is 0. The number of hydrogen-bond acceptors (Lipinski definition) is 2. The van der Waals surface area contributed by atoms with E-state index in [1.807, 2.05) is 0 Å².